The van der Waals surface area contributed by atoms with Crippen molar-refractivity contribution in [1.29, 1.82) is 0 Å². The number of benzene rings is 1. The molecule has 1 aromatic rings. The number of carbonyl (C=O) groups is 3. The van der Waals surface area contributed by atoms with E-state index in [1.54, 1.807) is 22.8 Å². The maximum atomic E-state index is 14.4. The summed E-state index contributed by atoms with van der Waals surface area (Å²) in [6.45, 7) is 4.55. The van der Waals surface area contributed by atoms with Gasteiger partial charge in [-0.1, -0.05) is 48.0 Å². The molecule has 0 aliphatic carbocycles. The third-order valence-electron chi connectivity index (χ3n) is 8.04. The maximum Gasteiger partial charge on any atom is 0.313 e. The van der Waals surface area contributed by atoms with Gasteiger partial charge in [0.15, 0.2) is 0 Å². The summed E-state index contributed by atoms with van der Waals surface area (Å²) in [5, 5.41) is 9.66. The van der Waals surface area contributed by atoms with Crippen LogP contribution in [0.5, 0.6) is 0 Å². The van der Waals surface area contributed by atoms with E-state index in [0.29, 0.717) is 42.9 Å². The molecule has 4 aliphatic rings. The lowest BCUT2D eigenvalue weighted by molar-refractivity contribution is -0.159. The Hall–Kier alpha value is -2.68. The second-order valence-electron chi connectivity index (χ2n) is 10.4. The SMILES string of the molecule is Cc1cccc(Cl)c1N1CC=C[C@]23O[C@@]4(C)C=CCCOC(=O)[C@H]4[C@H]2C(=O)N(CCCCCO)C3C1=O. The van der Waals surface area contributed by atoms with Crippen LogP contribution >= 0.6 is 11.6 Å². The second kappa shape index (κ2) is 9.89. The average molecular weight is 529 g/mol. The Labute approximate surface area is 221 Å². The molecule has 1 N–H and O–H groups in total. The quantitative estimate of drug-likeness (QED) is 0.346. The third-order valence-corrected chi connectivity index (χ3v) is 8.34. The Morgan fingerprint density at radius 3 is 2.65 bits per heavy atom. The molecule has 5 rings (SSSR count). The number of nitrogens with zero attached hydrogens (tertiary/aromatic N) is 2. The van der Waals surface area contributed by atoms with E-state index in [9.17, 15) is 19.5 Å². The van der Waals surface area contributed by atoms with Crippen LogP contribution < -0.4 is 4.90 Å². The smallest absolute Gasteiger partial charge is 0.313 e. The molecule has 5 atom stereocenters. The fourth-order valence-corrected chi connectivity index (χ4v) is 6.79. The number of carbonyl (C=O) groups excluding carboxylic acids is 3. The number of halogens is 1. The molecule has 0 radical (unpaired) electrons. The van der Waals surface area contributed by atoms with Crippen LogP contribution in [0.1, 0.15) is 38.2 Å². The van der Waals surface area contributed by atoms with Gasteiger partial charge >= 0.3 is 5.97 Å². The van der Waals surface area contributed by atoms with Crippen molar-refractivity contribution in [2.45, 2.75) is 56.8 Å². The molecule has 2 fully saturated rings. The summed E-state index contributed by atoms with van der Waals surface area (Å²) in [5.74, 6) is -2.85. The maximum absolute atomic E-state index is 14.4. The van der Waals surface area contributed by atoms with Gasteiger partial charge in [0, 0.05) is 19.7 Å². The third kappa shape index (κ3) is 4.10. The van der Waals surface area contributed by atoms with E-state index >= 15 is 0 Å². The summed E-state index contributed by atoms with van der Waals surface area (Å²) >= 11 is 6.57. The molecule has 0 bridgehead atoms. The van der Waals surface area contributed by atoms with Crippen LogP contribution in [0.15, 0.2) is 42.5 Å². The highest BCUT2D eigenvalue weighted by molar-refractivity contribution is 6.34. The zero-order valence-electron chi connectivity index (χ0n) is 21.2. The highest BCUT2D eigenvalue weighted by atomic mass is 35.5. The first-order valence-electron chi connectivity index (χ1n) is 13.0. The van der Waals surface area contributed by atoms with Crippen molar-refractivity contribution >= 4 is 35.1 Å². The predicted molar refractivity (Wildman–Crippen MR) is 138 cm³/mol. The van der Waals surface area contributed by atoms with Gasteiger partial charge in [0.2, 0.25) is 5.91 Å². The van der Waals surface area contributed by atoms with Gasteiger partial charge in [0.1, 0.15) is 17.6 Å². The lowest BCUT2D eigenvalue weighted by Gasteiger charge is -2.38. The molecule has 9 heteroatoms. The van der Waals surface area contributed by atoms with Crippen LogP contribution in [0.2, 0.25) is 5.02 Å². The van der Waals surface area contributed by atoms with Crippen LogP contribution in [0.3, 0.4) is 0 Å². The van der Waals surface area contributed by atoms with E-state index in [1.807, 2.05) is 43.4 Å². The van der Waals surface area contributed by atoms with E-state index < -0.39 is 35.0 Å². The van der Waals surface area contributed by atoms with Crippen LogP contribution in [-0.2, 0) is 23.9 Å². The highest BCUT2D eigenvalue weighted by Gasteiger charge is 2.74. The normalized spacial score (nSPS) is 33.0. The minimum Gasteiger partial charge on any atom is -0.465 e. The molecule has 8 nitrogen and oxygen atoms in total. The number of likely N-dealkylation sites (tertiary alicyclic amines) is 1. The van der Waals surface area contributed by atoms with Crippen molar-refractivity contribution in [3.63, 3.8) is 0 Å². The van der Waals surface area contributed by atoms with Gasteiger partial charge in [-0.05, 0) is 51.2 Å². The number of cyclic esters (lactones) is 1. The van der Waals surface area contributed by atoms with Crippen molar-refractivity contribution in [2.24, 2.45) is 11.8 Å². The summed E-state index contributed by atoms with van der Waals surface area (Å²) < 4.78 is 12.3. The van der Waals surface area contributed by atoms with E-state index in [0.717, 1.165) is 5.56 Å². The molecule has 198 valence electrons. The zero-order valence-corrected chi connectivity index (χ0v) is 21.9. The fraction of sp³-hybridized carbons (Fsp3) is 0.536. The topological polar surface area (TPSA) is 96.4 Å². The van der Waals surface area contributed by atoms with Crippen molar-refractivity contribution < 1.29 is 29.0 Å². The van der Waals surface area contributed by atoms with Crippen molar-refractivity contribution in [2.75, 3.05) is 31.2 Å². The molecule has 2 saturated heterocycles. The standard InChI is InChI=1S/C28H33ClN2O6/c1-18-10-8-11-19(29)22(18)30-15-9-13-28-20(21-26(35)36-17-7-4-12-27(21,2)37-28)24(33)31(23(28)25(30)34)14-5-3-6-16-32/h4,8-13,20-21,23,32H,3,5-7,14-17H2,1-2H3/t20-,21+,23?,27-,28-/m0/s1. The van der Waals surface area contributed by atoms with Crippen LogP contribution in [0.25, 0.3) is 0 Å². The van der Waals surface area contributed by atoms with E-state index in [2.05, 4.69) is 0 Å². The number of para-hydroxylation sites is 1. The molecular formula is C28H33ClN2O6. The Kier molecular flexibility index (Phi) is 6.94. The minimum absolute atomic E-state index is 0.0624. The molecule has 1 unspecified atom stereocenters. The molecule has 2 amide bonds. The van der Waals surface area contributed by atoms with Crippen molar-refractivity contribution in [1.82, 2.24) is 4.90 Å². The van der Waals surface area contributed by atoms with Gasteiger partial charge in [0.05, 0.1) is 28.8 Å². The molecular weight excluding hydrogens is 496 g/mol. The number of aliphatic hydroxyl groups is 1. The molecule has 1 spiro atoms. The number of esters is 1. The lowest BCUT2D eigenvalue weighted by Crippen LogP contribution is -2.56. The molecule has 37 heavy (non-hydrogen) atoms. The number of unbranched alkanes of at least 4 members (excludes halogenated alkanes) is 2. The van der Waals surface area contributed by atoms with Crippen molar-refractivity contribution in [3.05, 3.63) is 53.1 Å². The average Bonchev–Trinajstić information content (AvgIpc) is 3.16. The summed E-state index contributed by atoms with van der Waals surface area (Å²) in [4.78, 5) is 45.0. The van der Waals surface area contributed by atoms with Gasteiger partial charge in [-0.25, -0.2) is 0 Å². The minimum atomic E-state index is -1.33. The fourth-order valence-electron chi connectivity index (χ4n) is 6.46. The predicted octanol–water partition coefficient (Wildman–Crippen LogP) is 3.19. The lowest BCUT2D eigenvalue weighted by atomic mass is 9.74. The molecule has 0 saturated carbocycles. The first kappa shape index (κ1) is 25.9. The number of rotatable bonds is 6. The molecule has 1 aromatic carbocycles. The number of amides is 2. The number of anilines is 1. The number of fused-ring (bicyclic) bond motifs is 2. The molecule has 4 aliphatic heterocycles. The number of ether oxygens (including phenoxy) is 2. The highest BCUT2D eigenvalue weighted by Crippen LogP contribution is 2.57. The Bertz CT molecular complexity index is 1150. The summed E-state index contributed by atoms with van der Waals surface area (Å²) in [7, 11) is 0. The number of hydrogen-bond acceptors (Lipinski definition) is 6. The van der Waals surface area contributed by atoms with Gasteiger partial charge in [-0.2, -0.15) is 0 Å². The molecule has 0 aromatic heterocycles. The Balaban J connectivity index is 1.62. The Morgan fingerprint density at radius 2 is 1.89 bits per heavy atom. The monoisotopic (exact) mass is 528 g/mol. The van der Waals surface area contributed by atoms with Gasteiger partial charge in [-0.3, -0.25) is 14.4 Å². The van der Waals surface area contributed by atoms with E-state index in [-0.39, 0.29) is 31.6 Å². The van der Waals surface area contributed by atoms with Crippen molar-refractivity contribution in [3.8, 4) is 0 Å². The van der Waals surface area contributed by atoms with Crippen LogP contribution in [0.4, 0.5) is 5.69 Å². The van der Waals surface area contributed by atoms with E-state index in [1.165, 1.54) is 0 Å². The summed E-state index contributed by atoms with van der Waals surface area (Å²) in [6, 6.07) is 4.49. The second-order valence-corrected chi connectivity index (χ2v) is 10.8. The van der Waals surface area contributed by atoms with E-state index in [4.69, 9.17) is 21.1 Å². The van der Waals surface area contributed by atoms with Crippen LogP contribution in [0, 0.1) is 18.8 Å². The number of hydrogen-bond donors (Lipinski definition) is 1. The molecule has 4 heterocycles. The summed E-state index contributed by atoms with van der Waals surface area (Å²) in [6.07, 6.45) is 9.88. The van der Waals surface area contributed by atoms with Gasteiger partial charge < -0.3 is 24.4 Å². The van der Waals surface area contributed by atoms with Gasteiger partial charge in [0.25, 0.3) is 5.91 Å². The van der Waals surface area contributed by atoms with Crippen LogP contribution in [-0.4, -0.2) is 71.3 Å². The Morgan fingerprint density at radius 1 is 1.08 bits per heavy atom. The first-order chi connectivity index (χ1) is 17.7. The number of aryl methyl sites for hydroxylation is 1. The first-order valence-corrected chi connectivity index (χ1v) is 13.3. The number of aliphatic hydroxyl groups excluding tert-OH is 1. The zero-order chi connectivity index (χ0) is 26.4. The van der Waals surface area contributed by atoms with Gasteiger partial charge in [-0.15, -0.1) is 0 Å². The largest absolute Gasteiger partial charge is 0.465 e. The summed E-state index contributed by atoms with van der Waals surface area (Å²) in [5.41, 5.74) is -0.990.